The Kier molecular flexibility index (Phi) is 4.89. The van der Waals surface area contributed by atoms with Crippen LogP contribution in [0.2, 0.25) is 5.02 Å². The highest BCUT2D eigenvalue weighted by Gasteiger charge is 2.11. The zero-order chi connectivity index (χ0) is 12.1. The zero-order valence-corrected chi connectivity index (χ0v) is 11.2. The van der Waals surface area contributed by atoms with Crippen LogP contribution >= 0.6 is 23.2 Å². The molecule has 0 radical (unpaired) electrons. The van der Waals surface area contributed by atoms with Crippen LogP contribution in [0.15, 0.2) is 12.3 Å². The Morgan fingerprint density at radius 1 is 1.35 bits per heavy atom. The normalized spacial score (nSPS) is 16.4. The van der Waals surface area contributed by atoms with E-state index < -0.39 is 0 Å². The third kappa shape index (κ3) is 3.73. The fraction of sp³-hybridized carbons (Fsp3) is 0.583. The summed E-state index contributed by atoms with van der Waals surface area (Å²) in [7, 11) is 0. The van der Waals surface area contributed by atoms with Gasteiger partial charge in [-0.3, -0.25) is 4.90 Å². The van der Waals surface area contributed by atoms with Crippen LogP contribution < -0.4 is 4.74 Å². The highest BCUT2D eigenvalue weighted by atomic mass is 35.5. The number of rotatable bonds is 5. The summed E-state index contributed by atoms with van der Waals surface area (Å²) in [6, 6.07) is 1.80. The van der Waals surface area contributed by atoms with E-state index in [0.29, 0.717) is 23.4 Å². The van der Waals surface area contributed by atoms with Gasteiger partial charge in [-0.2, -0.15) is 0 Å². The first kappa shape index (κ1) is 12.9. The van der Waals surface area contributed by atoms with Crippen molar-refractivity contribution in [2.75, 3.05) is 26.2 Å². The largest absolute Gasteiger partial charge is 0.476 e. The van der Waals surface area contributed by atoms with Crippen molar-refractivity contribution in [1.29, 1.82) is 0 Å². The number of aromatic nitrogens is 1. The molecule has 1 saturated heterocycles. The molecule has 2 rings (SSSR count). The van der Waals surface area contributed by atoms with E-state index in [2.05, 4.69) is 9.88 Å². The van der Waals surface area contributed by atoms with Crippen LogP contribution in [0.25, 0.3) is 0 Å². The Morgan fingerprint density at radius 2 is 2.12 bits per heavy atom. The van der Waals surface area contributed by atoms with Crippen molar-refractivity contribution < 1.29 is 4.74 Å². The van der Waals surface area contributed by atoms with Crippen molar-refractivity contribution >= 4 is 23.2 Å². The van der Waals surface area contributed by atoms with Crippen molar-refractivity contribution in [2.45, 2.75) is 18.7 Å². The van der Waals surface area contributed by atoms with E-state index >= 15 is 0 Å². The molecule has 1 aliphatic rings. The summed E-state index contributed by atoms with van der Waals surface area (Å²) >= 11 is 11.7. The number of likely N-dealkylation sites (tertiary alicyclic amines) is 1. The fourth-order valence-electron chi connectivity index (χ4n) is 1.93. The lowest BCUT2D eigenvalue weighted by atomic mass is 10.3. The van der Waals surface area contributed by atoms with E-state index in [1.54, 1.807) is 12.3 Å². The molecule has 94 valence electrons. The number of pyridine rings is 1. The highest BCUT2D eigenvalue weighted by Crippen LogP contribution is 2.20. The topological polar surface area (TPSA) is 25.4 Å². The quantitative estimate of drug-likeness (QED) is 0.772. The first-order chi connectivity index (χ1) is 8.29. The number of hydrogen-bond acceptors (Lipinski definition) is 3. The average Bonchev–Trinajstić information content (AvgIpc) is 2.84. The monoisotopic (exact) mass is 274 g/mol. The number of alkyl halides is 1. The summed E-state index contributed by atoms with van der Waals surface area (Å²) in [5.41, 5.74) is 0.861. The van der Waals surface area contributed by atoms with Gasteiger partial charge in [-0.15, -0.1) is 11.6 Å². The van der Waals surface area contributed by atoms with Crippen molar-refractivity contribution in [3.05, 3.63) is 22.8 Å². The SMILES string of the molecule is ClCc1cc(OCCN2CCCC2)ncc1Cl. The Morgan fingerprint density at radius 3 is 2.82 bits per heavy atom. The molecule has 3 nitrogen and oxygen atoms in total. The van der Waals surface area contributed by atoms with Gasteiger partial charge in [-0.1, -0.05) is 11.6 Å². The minimum atomic E-state index is 0.379. The molecule has 0 aromatic carbocycles. The molecule has 0 amide bonds. The van der Waals surface area contributed by atoms with E-state index in [9.17, 15) is 0 Å². The number of ether oxygens (including phenoxy) is 1. The Bertz CT molecular complexity index is 368. The first-order valence-electron chi connectivity index (χ1n) is 5.85. The predicted octanol–water partition coefficient (Wildman–Crippen LogP) is 2.95. The Hall–Kier alpha value is -0.510. The molecule has 0 bridgehead atoms. The van der Waals surface area contributed by atoms with Gasteiger partial charge in [0.1, 0.15) is 6.61 Å². The molecule has 1 aromatic rings. The van der Waals surface area contributed by atoms with Crippen LogP contribution in [0, 0.1) is 0 Å². The first-order valence-corrected chi connectivity index (χ1v) is 6.76. The molecule has 2 heterocycles. The second kappa shape index (κ2) is 6.43. The van der Waals surface area contributed by atoms with Gasteiger partial charge in [-0.05, 0) is 31.5 Å². The maximum atomic E-state index is 5.92. The van der Waals surface area contributed by atoms with E-state index in [1.807, 2.05) is 0 Å². The van der Waals surface area contributed by atoms with E-state index in [1.165, 1.54) is 25.9 Å². The van der Waals surface area contributed by atoms with Crippen molar-refractivity contribution in [3.63, 3.8) is 0 Å². The minimum Gasteiger partial charge on any atom is -0.476 e. The molecule has 0 unspecified atom stereocenters. The summed E-state index contributed by atoms with van der Waals surface area (Å²) in [6.07, 6.45) is 4.19. The predicted molar refractivity (Wildman–Crippen MR) is 70.0 cm³/mol. The molecule has 1 aliphatic heterocycles. The second-order valence-electron chi connectivity index (χ2n) is 4.14. The average molecular weight is 275 g/mol. The molecule has 0 aliphatic carbocycles. The number of halogens is 2. The molecule has 17 heavy (non-hydrogen) atoms. The van der Waals surface area contributed by atoms with Crippen LogP contribution in [0.4, 0.5) is 0 Å². The van der Waals surface area contributed by atoms with Gasteiger partial charge in [-0.25, -0.2) is 4.98 Å². The van der Waals surface area contributed by atoms with Crippen LogP contribution in [0.5, 0.6) is 5.88 Å². The third-order valence-electron chi connectivity index (χ3n) is 2.91. The van der Waals surface area contributed by atoms with E-state index in [-0.39, 0.29) is 0 Å². The highest BCUT2D eigenvalue weighted by molar-refractivity contribution is 6.32. The van der Waals surface area contributed by atoms with Gasteiger partial charge >= 0.3 is 0 Å². The lowest BCUT2D eigenvalue weighted by Gasteiger charge is -2.14. The standard InChI is InChI=1S/C12H16Cl2N2O/c13-8-10-7-12(15-9-11(10)14)17-6-5-16-3-1-2-4-16/h7,9H,1-6,8H2. The molecule has 0 atom stereocenters. The van der Waals surface area contributed by atoms with Crippen LogP contribution in [-0.2, 0) is 5.88 Å². The smallest absolute Gasteiger partial charge is 0.213 e. The molecular formula is C12H16Cl2N2O. The molecule has 1 fully saturated rings. The lowest BCUT2D eigenvalue weighted by Crippen LogP contribution is -2.25. The number of hydrogen-bond donors (Lipinski definition) is 0. The van der Waals surface area contributed by atoms with Crippen molar-refractivity contribution in [3.8, 4) is 5.88 Å². The maximum Gasteiger partial charge on any atom is 0.213 e. The molecular weight excluding hydrogens is 259 g/mol. The van der Waals surface area contributed by atoms with Gasteiger partial charge in [0.25, 0.3) is 0 Å². The van der Waals surface area contributed by atoms with E-state index in [0.717, 1.165) is 12.1 Å². The molecule has 5 heteroatoms. The van der Waals surface area contributed by atoms with Crippen LogP contribution in [-0.4, -0.2) is 36.1 Å². The minimum absolute atomic E-state index is 0.379. The molecule has 0 N–H and O–H groups in total. The lowest BCUT2D eigenvalue weighted by molar-refractivity contribution is 0.232. The zero-order valence-electron chi connectivity index (χ0n) is 9.66. The Labute approximate surface area is 112 Å². The number of nitrogens with zero attached hydrogens (tertiary/aromatic N) is 2. The molecule has 0 spiro atoms. The second-order valence-corrected chi connectivity index (χ2v) is 4.82. The summed E-state index contributed by atoms with van der Waals surface area (Å²) in [5.74, 6) is 0.980. The summed E-state index contributed by atoms with van der Waals surface area (Å²) in [4.78, 5) is 6.52. The molecule has 0 saturated carbocycles. The Balaban J connectivity index is 1.81. The van der Waals surface area contributed by atoms with E-state index in [4.69, 9.17) is 27.9 Å². The van der Waals surface area contributed by atoms with Crippen molar-refractivity contribution in [2.24, 2.45) is 0 Å². The summed E-state index contributed by atoms with van der Waals surface area (Å²) < 4.78 is 5.60. The summed E-state index contributed by atoms with van der Waals surface area (Å²) in [6.45, 7) is 3.99. The van der Waals surface area contributed by atoms with Gasteiger partial charge in [0.05, 0.1) is 5.02 Å². The maximum absolute atomic E-state index is 5.92. The fourth-order valence-corrected chi connectivity index (χ4v) is 2.39. The van der Waals surface area contributed by atoms with Crippen molar-refractivity contribution in [1.82, 2.24) is 9.88 Å². The van der Waals surface area contributed by atoms with Crippen LogP contribution in [0.3, 0.4) is 0 Å². The summed E-state index contributed by atoms with van der Waals surface area (Å²) in [5, 5.41) is 0.590. The van der Waals surface area contributed by atoms with Gasteiger partial charge in [0.2, 0.25) is 5.88 Å². The van der Waals surface area contributed by atoms with Gasteiger partial charge < -0.3 is 4.74 Å². The van der Waals surface area contributed by atoms with Crippen LogP contribution in [0.1, 0.15) is 18.4 Å². The third-order valence-corrected chi connectivity index (χ3v) is 3.54. The van der Waals surface area contributed by atoms with Gasteiger partial charge in [0, 0.05) is 24.7 Å². The molecule has 1 aromatic heterocycles. The van der Waals surface area contributed by atoms with Gasteiger partial charge in [0.15, 0.2) is 0 Å².